The highest BCUT2D eigenvalue weighted by Crippen LogP contribution is 2.36. The van der Waals surface area contributed by atoms with Gasteiger partial charge < -0.3 is 30.2 Å². The first-order chi connectivity index (χ1) is 13.0. The lowest BCUT2D eigenvalue weighted by molar-refractivity contribution is 0.0655. The van der Waals surface area contributed by atoms with Crippen LogP contribution in [-0.2, 0) is 9.47 Å². The Morgan fingerprint density at radius 2 is 1.93 bits per heavy atom. The minimum Gasteiger partial charge on any atom is -0.495 e. The van der Waals surface area contributed by atoms with Crippen LogP contribution in [0, 0.1) is 13.8 Å². The van der Waals surface area contributed by atoms with Gasteiger partial charge >= 0.3 is 5.63 Å². The van der Waals surface area contributed by atoms with Crippen LogP contribution in [0.1, 0.15) is 16.7 Å². The van der Waals surface area contributed by atoms with Gasteiger partial charge in [0.25, 0.3) is 0 Å². The molecule has 2 rings (SSSR count). The second-order valence-electron chi connectivity index (χ2n) is 5.81. The van der Waals surface area contributed by atoms with E-state index in [0.29, 0.717) is 65.5 Å². The Hall–Kier alpha value is -1.94. The zero-order valence-electron chi connectivity index (χ0n) is 15.6. The zero-order chi connectivity index (χ0) is 20.0. The van der Waals surface area contributed by atoms with Gasteiger partial charge in [0, 0.05) is 28.6 Å². The van der Waals surface area contributed by atoms with Crippen LogP contribution in [0.25, 0.3) is 11.0 Å². The average Bonchev–Trinajstić information content (AvgIpc) is 2.65. The molecule has 0 amide bonds. The molecule has 0 aliphatic heterocycles. The molecule has 0 saturated carbocycles. The van der Waals surface area contributed by atoms with E-state index in [1.54, 1.807) is 14.0 Å². The highest BCUT2D eigenvalue weighted by Gasteiger charge is 2.21. The summed E-state index contributed by atoms with van der Waals surface area (Å²) in [7, 11) is 1.56. The molecule has 0 saturated heterocycles. The van der Waals surface area contributed by atoms with Crippen LogP contribution in [0.5, 0.6) is 5.75 Å². The van der Waals surface area contributed by atoms with Crippen molar-refractivity contribution in [2.24, 2.45) is 16.7 Å². The summed E-state index contributed by atoms with van der Waals surface area (Å²) in [5, 5.41) is 4.55. The number of fused-ring (bicyclic) bond motifs is 1. The minimum absolute atomic E-state index is 0.130. The number of halogens is 1. The molecule has 0 aliphatic carbocycles. The minimum atomic E-state index is -0.461. The number of nitrogens with two attached hydrogens (primary N) is 2. The van der Waals surface area contributed by atoms with Gasteiger partial charge in [-0.2, -0.15) is 5.10 Å². The normalized spacial score (nSPS) is 12.0. The Kier molecular flexibility index (Phi) is 7.78. The van der Waals surface area contributed by atoms with Gasteiger partial charge in [0.05, 0.1) is 43.7 Å². The van der Waals surface area contributed by atoms with E-state index >= 15 is 0 Å². The molecule has 1 aromatic carbocycles. The number of hydrazone groups is 1. The number of benzene rings is 1. The lowest BCUT2D eigenvalue weighted by Crippen LogP contribution is -2.21. The van der Waals surface area contributed by atoms with Crippen molar-refractivity contribution >= 4 is 32.6 Å². The molecule has 0 atom stereocenters. The van der Waals surface area contributed by atoms with Gasteiger partial charge in [-0.3, -0.25) is 0 Å². The molecule has 0 aliphatic rings. The Balaban J connectivity index is 2.43. The Morgan fingerprint density at radius 3 is 2.56 bits per heavy atom. The van der Waals surface area contributed by atoms with Gasteiger partial charge in [0.1, 0.15) is 11.3 Å². The standard InChI is InChI=1S/C18H24BrN3O5/c1-10-15(14(22-21)9-26-7-6-25-5-4-20)12-8-13(19)17(24-3)11(2)16(12)27-18(10)23/h8H,4-7,9,20-21H2,1-3H3/b22-14+. The fourth-order valence-electron chi connectivity index (χ4n) is 2.80. The molecule has 1 heterocycles. The number of aryl methyl sites for hydroxylation is 1. The third-order valence-electron chi connectivity index (χ3n) is 4.08. The molecule has 0 bridgehead atoms. The lowest BCUT2D eigenvalue weighted by Gasteiger charge is -2.15. The molecular formula is C18H24BrN3O5. The average molecular weight is 442 g/mol. The first-order valence-electron chi connectivity index (χ1n) is 8.39. The number of rotatable bonds is 9. The molecule has 2 aromatic rings. The summed E-state index contributed by atoms with van der Waals surface area (Å²) in [4.78, 5) is 12.4. The lowest BCUT2D eigenvalue weighted by atomic mass is 9.99. The first-order valence-corrected chi connectivity index (χ1v) is 9.18. The van der Waals surface area contributed by atoms with E-state index in [1.807, 2.05) is 13.0 Å². The summed E-state index contributed by atoms with van der Waals surface area (Å²) >= 11 is 3.49. The van der Waals surface area contributed by atoms with Crippen molar-refractivity contribution in [3.8, 4) is 5.75 Å². The third kappa shape index (κ3) is 4.67. The van der Waals surface area contributed by atoms with Crippen LogP contribution < -0.4 is 21.9 Å². The molecular weight excluding hydrogens is 418 g/mol. The third-order valence-corrected chi connectivity index (χ3v) is 4.67. The van der Waals surface area contributed by atoms with Crippen molar-refractivity contribution in [3.63, 3.8) is 0 Å². The van der Waals surface area contributed by atoms with Crippen molar-refractivity contribution in [2.45, 2.75) is 13.8 Å². The fraction of sp³-hybridized carbons (Fsp3) is 0.444. The van der Waals surface area contributed by atoms with Crippen LogP contribution in [0.15, 0.2) is 24.9 Å². The van der Waals surface area contributed by atoms with Crippen LogP contribution in [0.3, 0.4) is 0 Å². The molecule has 0 unspecified atom stereocenters. The molecule has 148 valence electrons. The number of methoxy groups -OCH3 is 1. The van der Waals surface area contributed by atoms with E-state index in [4.69, 9.17) is 30.2 Å². The second kappa shape index (κ2) is 9.84. The van der Waals surface area contributed by atoms with Gasteiger partial charge in [0.2, 0.25) is 0 Å². The zero-order valence-corrected chi connectivity index (χ0v) is 17.2. The molecule has 0 spiro atoms. The predicted molar refractivity (Wildman–Crippen MR) is 108 cm³/mol. The highest BCUT2D eigenvalue weighted by atomic mass is 79.9. The van der Waals surface area contributed by atoms with Gasteiger partial charge in [0.15, 0.2) is 0 Å². The molecule has 1 aromatic heterocycles. The van der Waals surface area contributed by atoms with Crippen molar-refractivity contribution < 1.29 is 18.6 Å². The summed E-state index contributed by atoms with van der Waals surface area (Å²) in [6.45, 7) is 5.31. The molecule has 27 heavy (non-hydrogen) atoms. The van der Waals surface area contributed by atoms with E-state index in [-0.39, 0.29) is 6.61 Å². The Bertz CT molecular complexity index is 895. The van der Waals surface area contributed by atoms with Crippen LogP contribution in [-0.4, -0.2) is 45.8 Å². The molecule has 9 heteroatoms. The molecule has 0 fully saturated rings. The van der Waals surface area contributed by atoms with E-state index in [9.17, 15) is 4.79 Å². The van der Waals surface area contributed by atoms with Crippen LogP contribution in [0.4, 0.5) is 0 Å². The highest BCUT2D eigenvalue weighted by molar-refractivity contribution is 9.10. The number of nitrogens with zero attached hydrogens (tertiary/aromatic N) is 1. The smallest absolute Gasteiger partial charge is 0.339 e. The number of ether oxygens (including phenoxy) is 3. The molecule has 0 radical (unpaired) electrons. The topological polar surface area (TPSA) is 122 Å². The van der Waals surface area contributed by atoms with Gasteiger partial charge in [-0.1, -0.05) is 0 Å². The molecule has 8 nitrogen and oxygen atoms in total. The van der Waals surface area contributed by atoms with Crippen LogP contribution in [0.2, 0.25) is 0 Å². The van der Waals surface area contributed by atoms with Crippen LogP contribution >= 0.6 is 15.9 Å². The summed E-state index contributed by atoms with van der Waals surface area (Å²) in [5.41, 5.74) is 7.48. The van der Waals surface area contributed by atoms with Gasteiger partial charge in [-0.05, 0) is 35.8 Å². The predicted octanol–water partition coefficient (Wildman–Crippen LogP) is 1.84. The Morgan fingerprint density at radius 1 is 1.22 bits per heavy atom. The maximum absolute atomic E-state index is 12.4. The second-order valence-corrected chi connectivity index (χ2v) is 6.67. The van der Waals surface area contributed by atoms with Crippen molar-refractivity contribution in [2.75, 3.05) is 40.1 Å². The van der Waals surface area contributed by atoms with Crippen molar-refractivity contribution in [3.05, 3.63) is 37.6 Å². The Labute approximate surface area is 165 Å². The van der Waals surface area contributed by atoms with E-state index in [2.05, 4.69) is 21.0 Å². The van der Waals surface area contributed by atoms with E-state index in [1.165, 1.54) is 0 Å². The van der Waals surface area contributed by atoms with E-state index < -0.39 is 5.63 Å². The largest absolute Gasteiger partial charge is 0.495 e. The van der Waals surface area contributed by atoms with Gasteiger partial charge in [-0.25, -0.2) is 4.79 Å². The summed E-state index contributed by atoms with van der Waals surface area (Å²) in [6.07, 6.45) is 0. The molecule has 4 N–H and O–H groups in total. The van der Waals surface area contributed by atoms with E-state index in [0.717, 1.165) is 4.47 Å². The number of hydrogen-bond acceptors (Lipinski definition) is 8. The maximum Gasteiger partial charge on any atom is 0.339 e. The quantitative estimate of drug-likeness (QED) is 0.200. The monoisotopic (exact) mass is 441 g/mol. The first kappa shape index (κ1) is 21.4. The summed E-state index contributed by atoms with van der Waals surface area (Å²) < 4.78 is 22.5. The summed E-state index contributed by atoms with van der Waals surface area (Å²) in [5.74, 6) is 6.20. The number of hydrogen-bond donors (Lipinski definition) is 2. The summed E-state index contributed by atoms with van der Waals surface area (Å²) in [6, 6.07) is 1.82. The fourth-order valence-corrected chi connectivity index (χ4v) is 3.49. The van der Waals surface area contributed by atoms with Gasteiger partial charge in [-0.15, -0.1) is 0 Å². The maximum atomic E-state index is 12.4. The van der Waals surface area contributed by atoms with Crippen molar-refractivity contribution in [1.82, 2.24) is 0 Å². The SMILES string of the molecule is COc1c(Br)cc2c(/C(COCCOCCN)=N/N)c(C)c(=O)oc2c1C. The van der Waals surface area contributed by atoms with Crippen molar-refractivity contribution in [1.29, 1.82) is 0 Å².